The van der Waals surface area contributed by atoms with Gasteiger partial charge in [-0.3, -0.25) is 14.6 Å². The Labute approximate surface area is 231 Å². The number of aromatic nitrogens is 1. The average molecular weight is 529 g/mol. The Morgan fingerprint density at radius 2 is 1.62 bits per heavy atom. The molecule has 1 fully saturated rings. The van der Waals surface area contributed by atoms with E-state index >= 15 is 0 Å². The minimum absolute atomic E-state index is 0.0920. The molecule has 1 aliphatic rings. The van der Waals surface area contributed by atoms with Crippen LogP contribution in [0, 0.1) is 0 Å². The highest BCUT2D eigenvalue weighted by molar-refractivity contribution is 5.94. The van der Waals surface area contributed by atoms with Crippen LogP contribution < -0.4 is 10.1 Å². The number of benzene rings is 2. The molecule has 0 saturated heterocycles. The summed E-state index contributed by atoms with van der Waals surface area (Å²) in [5, 5.41) is 11.2. The van der Waals surface area contributed by atoms with Crippen LogP contribution in [-0.4, -0.2) is 35.1 Å². The van der Waals surface area contributed by atoms with E-state index in [9.17, 15) is 9.59 Å². The highest BCUT2D eigenvalue weighted by atomic mass is 16.5. The van der Waals surface area contributed by atoms with Crippen molar-refractivity contribution < 1.29 is 19.4 Å². The number of unbranched alkanes of at least 4 members (excludes halogenated alkanes) is 3. The Balaban J connectivity index is 1.09. The van der Waals surface area contributed by atoms with Crippen molar-refractivity contribution in [1.82, 2.24) is 10.3 Å². The highest BCUT2D eigenvalue weighted by Crippen LogP contribution is 2.33. The van der Waals surface area contributed by atoms with E-state index in [-0.39, 0.29) is 18.9 Å². The lowest BCUT2D eigenvalue weighted by atomic mass is 9.84. The monoisotopic (exact) mass is 528 g/mol. The number of hydrogen-bond acceptors (Lipinski definition) is 4. The summed E-state index contributed by atoms with van der Waals surface area (Å²) >= 11 is 0. The summed E-state index contributed by atoms with van der Waals surface area (Å²) in [7, 11) is 0. The number of carboxylic acid groups (broad SMARTS) is 1. The maximum Gasteiger partial charge on any atom is 0.305 e. The maximum absolute atomic E-state index is 12.0. The van der Waals surface area contributed by atoms with Crippen molar-refractivity contribution in [1.29, 1.82) is 0 Å². The van der Waals surface area contributed by atoms with Gasteiger partial charge >= 0.3 is 5.97 Å². The van der Waals surface area contributed by atoms with Crippen LogP contribution in [0.4, 0.5) is 0 Å². The summed E-state index contributed by atoms with van der Waals surface area (Å²) in [6.07, 6.45) is 14.1. The van der Waals surface area contributed by atoms with Crippen molar-refractivity contribution in [3.05, 3.63) is 83.6 Å². The van der Waals surface area contributed by atoms with E-state index in [0.717, 1.165) is 49.5 Å². The van der Waals surface area contributed by atoms with Gasteiger partial charge in [0.25, 0.3) is 5.91 Å². The third kappa shape index (κ3) is 9.24. The molecule has 0 atom stereocenters. The quantitative estimate of drug-likeness (QED) is 0.216. The molecule has 1 aliphatic carbocycles. The van der Waals surface area contributed by atoms with Crippen molar-refractivity contribution >= 4 is 11.9 Å². The Hall–Kier alpha value is -3.67. The number of amides is 1. The number of rotatable bonds is 14. The van der Waals surface area contributed by atoms with Crippen LogP contribution in [-0.2, 0) is 11.2 Å². The first-order chi connectivity index (χ1) is 19.1. The summed E-state index contributed by atoms with van der Waals surface area (Å²) in [4.78, 5) is 27.3. The molecule has 1 amide bonds. The highest BCUT2D eigenvalue weighted by Gasteiger charge is 2.15. The van der Waals surface area contributed by atoms with E-state index in [4.69, 9.17) is 14.8 Å². The van der Waals surface area contributed by atoms with Gasteiger partial charge in [-0.2, -0.15) is 0 Å². The number of carbonyl (C=O) groups excluding carboxylic acids is 1. The molecule has 39 heavy (non-hydrogen) atoms. The van der Waals surface area contributed by atoms with Gasteiger partial charge in [0.15, 0.2) is 0 Å². The third-order valence-corrected chi connectivity index (χ3v) is 7.48. The van der Waals surface area contributed by atoms with Gasteiger partial charge in [0.05, 0.1) is 18.7 Å². The normalized spacial score (nSPS) is 13.6. The fourth-order valence-electron chi connectivity index (χ4n) is 5.17. The van der Waals surface area contributed by atoms with Gasteiger partial charge in [0, 0.05) is 23.9 Å². The molecule has 206 valence electrons. The van der Waals surface area contributed by atoms with Gasteiger partial charge in [-0.15, -0.1) is 0 Å². The lowest BCUT2D eigenvalue weighted by molar-refractivity contribution is -0.136. The Kier molecular flexibility index (Phi) is 10.9. The van der Waals surface area contributed by atoms with Gasteiger partial charge in [0.2, 0.25) is 0 Å². The van der Waals surface area contributed by atoms with Gasteiger partial charge in [-0.05, 0) is 79.5 Å². The van der Waals surface area contributed by atoms with Crippen molar-refractivity contribution in [2.24, 2.45) is 0 Å². The molecule has 1 heterocycles. The number of ether oxygens (including phenoxy) is 1. The summed E-state index contributed by atoms with van der Waals surface area (Å²) < 4.78 is 5.80. The standard InChI is InChI=1S/C33H40N2O4/c36-32(37)21-22-34-33(38)29-16-18-30(19-17-29)39-23-7-2-1-4-8-25-11-20-31(35-24-25)28-14-12-27(13-15-28)26-9-5-3-6-10-26/h11-20,24,26H,1-10,21-23H2,(H,34,38)(H,36,37). The number of carbonyl (C=O) groups is 2. The van der Waals surface area contributed by atoms with Crippen LogP contribution in [0.1, 0.15) is 91.6 Å². The minimum atomic E-state index is -0.934. The fraction of sp³-hybridized carbons (Fsp3) is 0.424. The molecule has 6 heteroatoms. The van der Waals surface area contributed by atoms with E-state index in [1.807, 2.05) is 6.20 Å². The van der Waals surface area contributed by atoms with Gasteiger partial charge in [0.1, 0.15) is 5.75 Å². The molecule has 0 aliphatic heterocycles. The minimum Gasteiger partial charge on any atom is -0.494 e. The van der Waals surface area contributed by atoms with Crippen molar-refractivity contribution in [3.8, 4) is 17.0 Å². The fourth-order valence-corrected chi connectivity index (χ4v) is 5.17. The van der Waals surface area contributed by atoms with E-state index in [1.165, 1.54) is 48.8 Å². The van der Waals surface area contributed by atoms with Crippen LogP contribution in [0.5, 0.6) is 5.75 Å². The smallest absolute Gasteiger partial charge is 0.305 e. The van der Waals surface area contributed by atoms with Gasteiger partial charge in [-0.1, -0.05) is 62.4 Å². The number of aliphatic carboxylic acids is 1. The second-order valence-electron chi connectivity index (χ2n) is 10.4. The first-order valence-electron chi connectivity index (χ1n) is 14.4. The first-order valence-corrected chi connectivity index (χ1v) is 14.4. The van der Waals surface area contributed by atoms with Crippen LogP contribution >= 0.6 is 0 Å². The predicted octanol–water partition coefficient (Wildman–Crippen LogP) is 7.18. The van der Waals surface area contributed by atoms with E-state index < -0.39 is 5.97 Å². The van der Waals surface area contributed by atoms with Crippen LogP contribution in [0.15, 0.2) is 66.9 Å². The Morgan fingerprint density at radius 1 is 0.872 bits per heavy atom. The molecule has 0 unspecified atom stereocenters. The number of carboxylic acids is 1. The molecule has 0 radical (unpaired) electrons. The SMILES string of the molecule is O=C(O)CCNC(=O)c1ccc(OCCCCCCc2ccc(-c3ccc(C4CCCCC4)cc3)nc2)cc1. The summed E-state index contributed by atoms with van der Waals surface area (Å²) in [6, 6.07) is 20.3. The maximum atomic E-state index is 12.0. The molecule has 4 rings (SSSR count). The average Bonchev–Trinajstić information content (AvgIpc) is 2.97. The zero-order valence-electron chi connectivity index (χ0n) is 22.7. The molecule has 6 nitrogen and oxygen atoms in total. The van der Waals surface area contributed by atoms with Crippen LogP contribution in [0.25, 0.3) is 11.3 Å². The third-order valence-electron chi connectivity index (χ3n) is 7.48. The summed E-state index contributed by atoms with van der Waals surface area (Å²) in [5.41, 5.74) is 5.48. The largest absolute Gasteiger partial charge is 0.494 e. The van der Waals surface area contributed by atoms with E-state index in [2.05, 4.69) is 41.7 Å². The molecule has 3 aromatic rings. The molecule has 2 aromatic carbocycles. The lowest BCUT2D eigenvalue weighted by Crippen LogP contribution is -2.25. The second-order valence-corrected chi connectivity index (χ2v) is 10.4. The van der Waals surface area contributed by atoms with Crippen LogP contribution in [0.3, 0.4) is 0 Å². The van der Waals surface area contributed by atoms with Crippen molar-refractivity contribution in [3.63, 3.8) is 0 Å². The van der Waals surface area contributed by atoms with Gasteiger partial charge < -0.3 is 15.2 Å². The number of pyridine rings is 1. The zero-order valence-corrected chi connectivity index (χ0v) is 22.7. The van der Waals surface area contributed by atoms with Crippen LogP contribution in [0.2, 0.25) is 0 Å². The second kappa shape index (κ2) is 15.1. The first kappa shape index (κ1) is 28.3. The molecule has 0 bridgehead atoms. The predicted molar refractivity (Wildman–Crippen MR) is 154 cm³/mol. The molecular formula is C33H40N2O4. The Morgan fingerprint density at radius 3 is 2.31 bits per heavy atom. The number of aryl methyl sites for hydroxylation is 1. The summed E-state index contributed by atoms with van der Waals surface area (Å²) in [6.45, 7) is 0.753. The zero-order chi connectivity index (χ0) is 27.3. The number of nitrogens with one attached hydrogen (secondary N) is 1. The molecule has 1 aromatic heterocycles. The molecule has 2 N–H and O–H groups in total. The summed E-state index contributed by atoms with van der Waals surface area (Å²) in [5.74, 6) is 0.249. The molecule has 1 saturated carbocycles. The van der Waals surface area contributed by atoms with Crippen molar-refractivity contribution in [2.45, 2.75) is 76.5 Å². The number of hydrogen-bond donors (Lipinski definition) is 2. The van der Waals surface area contributed by atoms with Gasteiger partial charge in [-0.25, -0.2) is 0 Å². The lowest BCUT2D eigenvalue weighted by Gasteiger charge is -2.22. The Bertz CT molecular complexity index is 1170. The molecular weight excluding hydrogens is 488 g/mol. The van der Waals surface area contributed by atoms with E-state index in [0.29, 0.717) is 12.2 Å². The topological polar surface area (TPSA) is 88.5 Å². The molecule has 0 spiro atoms. The number of nitrogens with zero attached hydrogens (tertiary/aromatic N) is 1. The van der Waals surface area contributed by atoms with E-state index in [1.54, 1.807) is 24.3 Å². The van der Waals surface area contributed by atoms with Crippen molar-refractivity contribution in [2.75, 3.05) is 13.2 Å².